The second-order valence-electron chi connectivity index (χ2n) is 4.45. The minimum atomic E-state index is 0.700. The summed E-state index contributed by atoms with van der Waals surface area (Å²) >= 11 is 0. The summed E-state index contributed by atoms with van der Waals surface area (Å²) in [6.45, 7) is 5.77. The maximum atomic E-state index is 4.45. The molecular formula is C13H20N6. The van der Waals surface area contributed by atoms with E-state index in [0.29, 0.717) is 6.54 Å². The van der Waals surface area contributed by atoms with Crippen LogP contribution in [0.25, 0.3) is 0 Å². The summed E-state index contributed by atoms with van der Waals surface area (Å²) in [5.41, 5.74) is 2.32. The molecule has 2 N–H and O–H groups in total. The molecule has 0 unspecified atom stereocenters. The highest BCUT2D eigenvalue weighted by atomic mass is 15.3. The van der Waals surface area contributed by atoms with Crippen molar-refractivity contribution in [1.29, 1.82) is 0 Å². The molecular weight excluding hydrogens is 240 g/mol. The molecule has 0 atom stereocenters. The molecule has 2 aromatic heterocycles. The van der Waals surface area contributed by atoms with Gasteiger partial charge >= 0.3 is 0 Å². The van der Waals surface area contributed by atoms with Gasteiger partial charge in [0.2, 0.25) is 0 Å². The lowest BCUT2D eigenvalue weighted by Gasteiger charge is -2.07. The monoisotopic (exact) mass is 260 g/mol. The fraction of sp³-hybridized carbons (Fsp3) is 0.462. The lowest BCUT2D eigenvalue weighted by Crippen LogP contribution is -2.07. The van der Waals surface area contributed by atoms with Gasteiger partial charge in [-0.25, -0.2) is 4.98 Å². The Labute approximate surface area is 113 Å². The van der Waals surface area contributed by atoms with Gasteiger partial charge in [-0.1, -0.05) is 6.92 Å². The van der Waals surface area contributed by atoms with Gasteiger partial charge < -0.3 is 10.6 Å². The Bertz CT molecular complexity index is 534. The molecule has 6 nitrogen and oxygen atoms in total. The standard InChI is InChI=1S/C13H20N6/c1-4-5-15-12-8-14-9-13(18-12)16-6-11-7-17-19(3)10(11)2/h7-9H,4-6H2,1-3H3,(H2,15,16,18). The topological polar surface area (TPSA) is 67.7 Å². The van der Waals surface area contributed by atoms with Crippen LogP contribution in [0, 0.1) is 6.92 Å². The van der Waals surface area contributed by atoms with Crippen LogP contribution in [0.5, 0.6) is 0 Å². The smallest absolute Gasteiger partial charge is 0.147 e. The highest BCUT2D eigenvalue weighted by molar-refractivity contribution is 5.42. The lowest BCUT2D eigenvalue weighted by atomic mass is 10.2. The molecule has 2 rings (SSSR count). The molecule has 2 heterocycles. The Hall–Kier alpha value is -2.11. The molecule has 0 saturated heterocycles. The highest BCUT2D eigenvalue weighted by Crippen LogP contribution is 2.10. The van der Waals surface area contributed by atoms with Gasteiger partial charge in [-0.2, -0.15) is 5.10 Å². The molecule has 0 aliphatic carbocycles. The maximum absolute atomic E-state index is 4.45. The van der Waals surface area contributed by atoms with Crippen molar-refractivity contribution in [2.75, 3.05) is 17.2 Å². The Balaban J connectivity index is 1.97. The second kappa shape index (κ2) is 6.17. The van der Waals surface area contributed by atoms with E-state index in [9.17, 15) is 0 Å². The van der Waals surface area contributed by atoms with Crippen LogP contribution in [0.2, 0.25) is 0 Å². The molecule has 0 amide bonds. The van der Waals surface area contributed by atoms with Gasteiger partial charge in [0.1, 0.15) is 11.6 Å². The van der Waals surface area contributed by atoms with E-state index in [4.69, 9.17) is 0 Å². The third-order valence-corrected chi connectivity index (χ3v) is 2.99. The number of nitrogens with zero attached hydrogens (tertiary/aromatic N) is 4. The molecule has 19 heavy (non-hydrogen) atoms. The van der Waals surface area contributed by atoms with Crippen LogP contribution < -0.4 is 10.6 Å². The Kier molecular flexibility index (Phi) is 4.33. The molecule has 6 heteroatoms. The van der Waals surface area contributed by atoms with Gasteiger partial charge in [0.25, 0.3) is 0 Å². The van der Waals surface area contributed by atoms with Crippen molar-refractivity contribution in [3.63, 3.8) is 0 Å². The Morgan fingerprint density at radius 3 is 2.53 bits per heavy atom. The van der Waals surface area contributed by atoms with E-state index in [1.807, 2.05) is 17.9 Å². The minimum Gasteiger partial charge on any atom is -0.369 e. The van der Waals surface area contributed by atoms with Crippen molar-refractivity contribution in [1.82, 2.24) is 19.7 Å². The number of aryl methyl sites for hydroxylation is 1. The number of hydrogen-bond donors (Lipinski definition) is 2. The van der Waals surface area contributed by atoms with Crippen LogP contribution in [-0.2, 0) is 13.6 Å². The quantitative estimate of drug-likeness (QED) is 0.831. The van der Waals surface area contributed by atoms with E-state index in [1.54, 1.807) is 12.4 Å². The van der Waals surface area contributed by atoms with Crippen molar-refractivity contribution in [3.8, 4) is 0 Å². The minimum absolute atomic E-state index is 0.700. The largest absolute Gasteiger partial charge is 0.369 e. The van der Waals surface area contributed by atoms with Crippen molar-refractivity contribution in [2.24, 2.45) is 7.05 Å². The van der Waals surface area contributed by atoms with E-state index >= 15 is 0 Å². The molecule has 0 saturated carbocycles. The first kappa shape index (κ1) is 13.3. The summed E-state index contributed by atoms with van der Waals surface area (Å²) < 4.78 is 1.86. The van der Waals surface area contributed by atoms with E-state index in [-0.39, 0.29) is 0 Å². The molecule has 2 aromatic rings. The molecule has 0 aliphatic rings. The van der Waals surface area contributed by atoms with Crippen molar-refractivity contribution in [3.05, 3.63) is 29.8 Å². The highest BCUT2D eigenvalue weighted by Gasteiger charge is 2.04. The normalized spacial score (nSPS) is 10.5. The van der Waals surface area contributed by atoms with Crippen LogP contribution in [0.1, 0.15) is 24.6 Å². The number of hydrogen-bond acceptors (Lipinski definition) is 5. The van der Waals surface area contributed by atoms with Gasteiger partial charge in [-0.05, 0) is 13.3 Å². The predicted octanol–water partition coefficient (Wildman–Crippen LogP) is 1.95. The predicted molar refractivity (Wildman–Crippen MR) is 76.1 cm³/mol. The SMILES string of the molecule is CCCNc1cncc(NCc2cnn(C)c2C)n1. The summed E-state index contributed by atoms with van der Waals surface area (Å²) in [7, 11) is 1.94. The van der Waals surface area contributed by atoms with E-state index in [1.165, 1.54) is 0 Å². The van der Waals surface area contributed by atoms with Crippen LogP contribution in [-0.4, -0.2) is 26.3 Å². The van der Waals surface area contributed by atoms with Gasteiger partial charge in [-0.3, -0.25) is 9.67 Å². The number of nitrogens with one attached hydrogen (secondary N) is 2. The number of aromatic nitrogens is 4. The summed E-state index contributed by atoms with van der Waals surface area (Å²) in [6, 6.07) is 0. The Morgan fingerprint density at radius 1 is 1.16 bits per heavy atom. The average molecular weight is 260 g/mol. The molecule has 0 spiro atoms. The third kappa shape index (κ3) is 3.43. The summed E-state index contributed by atoms with van der Waals surface area (Å²) in [5, 5.41) is 10.7. The molecule has 0 aromatic carbocycles. The second-order valence-corrected chi connectivity index (χ2v) is 4.45. The van der Waals surface area contributed by atoms with E-state index < -0.39 is 0 Å². The van der Waals surface area contributed by atoms with Gasteiger partial charge in [0.15, 0.2) is 0 Å². The van der Waals surface area contributed by atoms with Crippen LogP contribution in [0.15, 0.2) is 18.6 Å². The van der Waals surface area contributed by atoms with Gasteiger partial charge in [0, 0.05) is 31.4 Å². The average Bonchev–Trinajstić information content (AvgIpc) is 2.75. The molecule has 0 radical (unpaired) electrons. The first-order valence-corrected chi connectivity index (χ1v) is 6.48. The van der Waals surface area contributed by atoms with Gasteiger partial charge in [-0.15, -0.1) is 0 Å². The Morgan fingerprint density at radius 2 is 1.89 bits per heavy atom. The van der Waals surface area contributed by atoms with Crippen LogP contribution >= 0.6 is 0 Å². The zero-order valence-electron chi connectivity index (χ0n) is 11.6. The van der Waals surface area contributed by atoms with E-state index in [0.717, 1.165) is 35.9 Å². The molecule has 0 fully saturated rings. The fourth-order valence-corrected chi connectivity index (χ4v) is 1.69. The summed E-state index contributed by atoms with van der Waals surface area (Å²) in [4.78, 5) is 8.62. The molecule has 0 bridgehead atoms. The number of anilines is 2. The van der Waals surface area contributed by atoms with E-state index in [2.05, 4.69) is 39.5 Å². The van der Waals surface area contributed by atoms with Crippen LogP contribution in [0.4, 0.5) is 11.6 Å². The van der Waals surface area contributed by atoms with Crippen molar-refractivity contribution < 1.29 is 0 Å². The summed E-state index contributed by atoms with van der Waals surface area (Å²) in [5.74, 6) is 1.57. The zero-order chi connectivity index (χ0) is 13.7. The van der Waals surface area contributed by atoms with Gasteiger partial charge in [0.05, 0.1) is 18.6 Å². The summed E-state index contributed by atoms with van der Waals surface area (Å²) in [6.07, 6.45) is 6.39. The third-order valence-electron chi connectivity index (χ3n) is 2.99. The fourth-order valence-electron chi connectivity index (χ4n) is 1.69. The lowest BCUT2D eigenvalue weighted by molar-refractivity contribution is 0.738. The first-order chi connectivity index (χ1) is 9.20. The van der Waals surface area contributed by atoms with Crippen molar-refractivity contribution >= 4 is 11.6 Å². The maximum Gasteiger partial charge on any atom is 0.147 e. The zero-order valence-corrected chi connectivity index (χ0v) is 11.6. The van der Waals surface area contributed by atoms with Crippen molar-refractivity contribution in [2.45, 2.75) is 26.8 Å². The molecule has 0 aliphatic heterocycles. The van der Waals surface area contributed by atoms with Crippen LogP contribution in [0.3, 0.4) is 0 Å². The molecule has 102 valence electrons. The first-order valence-electron chi connectivity index (χ1n) is 6.48. The number of rotatable bonds is 6.